The van der Waals surface area contributed by atoms with Crippen LogP contribution in [0, 0.1) is 6.92 Å². The summed E-state index contributed by atoms with van der Waals surface area (Å²) in [6.07, 6.45) is 1.90. The molecule has 0 aliphatic rings. The number of rotatable bonds is 9. The number of hydrogen-bond acceptors (Lipinski definition) is 4. The van der Waals surface area contributed by atoms with Gasteiger partial charge in [0.1, 0.15) is 12.6 Å². The van der Waals surface area contributed by atoms with Gasteiger partial charge in [0.25, 0.3) is 0 Å². The van der Waals surface area contributed by atoms with E-state index in [4.69, 9.17) is 0 Å². The van der Waals surface area contributed by atoms with E-state index in [-0.39, 0.29) is 12.5 Å². The summed E-state index contributed by atoms with van der Waals surface area (Å²) in [4.78, 5) is 27.0. The summed E-state index contributed by atoms with van der Waals surface area (Å²) in [5.74, 6) is -0.777. The smallest absolute Gasteiger partial charge is 0.244 e. The molecule has 0 aliphatic carbocycles. The molecule has 8 heteroatoms. The molecule has 1 N–H and O–H groups in total. The first-order valence-electron chi connectivity index (χ1n) is 10.2. The van der Waals surface area contributed by atoms with Gasteiger partial charge in [0.05, 0.1) is 11.9 Å². The van der Waals surface area contributed by atoms with Crippen molar-refractivity contribution in [3.63, 3.8) is 0 Å². The molecule has 2 aromatic carbocycles. The Balaban J connectivity index is 2.35. The fourth-order valence-corrected chi connectivity index (χ4v) is 4.04. The SMILES string of the molecule is CCc1ccc(N(CC(=O)N(Cc2ccc(C)cc2)[C@@H](C)C(=O)NC)S(C)(=O)=O)cc1. The molecule has 0 radical (unpaired) electrons. The fourth-order valence-electron chi connectivity index (χ4n) is 3.19. The summed E-state index contributed by atoms with van der Waals surface area (Å²) >= 11 is 0. The quantitative estimate of drug-likeness (QED) is 0.642. The predicted molar refractivity (Wildman–Crippen MR) is 123 cm³/mol. The van der Waals surface area contributed by atoms with Gasteiger partial charge in [0, 0.05) is 13.6 Å². The molecule has 31 heavy (non-hydrogen) atoms. The molecule has 0 bridgehead atoms. The highest BCUT2D eigenvalue weighted by molar-refractivity contribution is 7.92. The van der Waals surface area contributed by atoms with Crippen molar-refractivity contribution in [1.29, 1.82) is 0 Å². The Labute approximate surface area is 185 Å². The van der Waals surface area contributed by atoms with E-state index in [9.17, 15) is 18.0 Å². The van der Waals surface area contributed by atoms with Crippen LogP contribution >= 0.6 is 0 Å². The van der Waals surface area contributed by atoms with Crippen LogP contribution < -0.4 is 9.62 Å². The highest BCUT2D eigenvalue weighted by Gasteiger charge is 2.29. The Hall–Kier alpha value is -2.87. The first-order valence-corrected chi connectivity index (χ1v) is 12.0. The van der Waals surface area contributed by atoms with Crippen LogP contribution in [0.3, 0.4) is 0 Å². The van der Waals surface area contributed by atoms with Crippen LogP contribution in [-0.4, -0.2) is 51.0 Å². The molecule has 0 aliphatic heterocycles. The van der Waals surface area contributed by atoms with Gasteiger partial charge >= 0.3 is 0 Å². The summed E-state index contributed by atoms with van der Waals surface area (Å²) < 4.78 is 26.0. The normalized spacial score (nSPS) is 12.2. The Bertz CT molecular complexity index is 1000. The molecule has 2 amide bonds. The number of nitrogens with one attached hydrogen (secondary N) is 1. The van der Waals surface area contributed by atoms with Crippen molar-refractivity contribution >= 4 is 27.5 Å². The van der Waals surface area contributed by atoms with Gasteiger partial charge in [-0.15, -0.1) is 0 Å². The zero-order valence-corrected chi connectivity index (χ0v) is 19.6. The molecule has 0 unspecified atom stereocenters. The average Bonchev–Trinajstić information content (AvgIpc) is 2.75. The van der Waals surface area contributed by atoms with Gasteiger partial charge in [-0.1, -0.05) is 48.9 Å². The summed E-state index contributed by atoms with van der Waals surface area (Å²) in [7, 11) is -2.21. The molecule has 2 aromatic rings. The van der Waals surface area contributed by atoms with Gasteiger partial charge < -0.3 is 10.2 Å². The monoisotopic (exact) mass is 445 g/mol. The number of likely N-dealkylation sites (N-methyl/N-ethyl adjacent to an activating group) is 1. The number of benzene rings is 2. The molecule has 0 saturated carbocycles. The van der Waals surface area contributed by atoms with E-state index < -0.39 is 28.5 Å². The Kier molecular flexibility index (Phi) is 8.21. The lowest BCUT2D eigenvalue weighted by Crippen LogP contribution is -2.50. The highest BCUT2D eigenvalue weighted by atomic mass is 32.2. The third kappa shape index (κ3) is 6.55. The van der Waals surface area contributed by atoms with Crippen LogP contribution in [0.2, 0.25) is 0 Å². The summed E-state index contributed by atoms with van der Waals surface area (Å²) in [5, 5.41) is 2.56. The van der Waals surface area contributed by atoms with Crippen LogP contribution in [0.15, 0.2) is 48.5 Å². The highest BCUT2D eigenvalue weighted by Crippen LogP contribution is 2.20. The van der Waals surface area contributed by atoms with Crippen molar-refractivity contribution in [2.45, 2.75) is 39.8 Å². The van der Waals surface area contributed by atoms with Gasteiger partial charge in [-0.2, -0.15) is 0 Å². The third-order valence-corrected chi connectivity index (χ3v) is 6.34. The maximum Gasteiger partial charge on any atom is 0.244 e. The molecular weight excluding hydrogens is 414 g/mol. The topological polar surface area (TPSA) is 86.8 Å². The second-order valence-electron chi connectivity index (χ2n) is 7.59. The van der Waals surface area contributed by atoms with E-state index in [1.807, 2.05) is 50.2 Å². The molecule has 0 heterocycles. The lowest BCUT2D eigenvalue weighted by molar-refractivity contribution is -0.139. The maximum absolute atomic E-state index is 13.3. The molecule has 168 valence electrons. The largest absolute Gasteiger partial charge is 0.357 e. The van der Waals surface area contributed by atoms with Gasteiger partial charge in [-0.25, -0.2) is 8.42 Å². The first kappa shape index (κ1) is 24.4. The first-order chi connectivity index (χ1) is 14.6. The van der Waals surface area contributed by atoms with Crippen molar-refractivity contribution in [1.82, 2.24) is 10.2 Å². The van der Waals surface area contributed by atoms with Gasteiger partial charge in [-0.3, -0.25) is 13.9 Å². The number of sulfonamides is 1. The number of carbonyl (C=O) groups excluding carboxylic acids is 2. The summed E-state index contributed by atoms with van der Waals surface area (Å²) in [6.45, 7) is 5.41. The van der Waals surface area contributed by atoms with Crippen LogP contribution in [0.5, 0.6) is 0 Å². The van der Waals surface area contributed by atoms with Crippen molar-refractivity contribution < 1.29 is 18.0 Å². The van der Waals surface area contributed by atoms with Crippen LogP contribution in [-0.2, 0) is 32.6 Å². The van der Waals surface area contributed by atoms with Crippen LogP contribution in [0.1, 0.15) is 30.5 Å². The van der Waals surface area contributed by atoms with E-state index in [2.05, 4.69) is 5.32 Å². The molecule has 1 atom stereocenters. The Morgan fingerprint density at radius 1 is 1.00 bits per heavy atom. The number of nitrogens with zero attached hydrogens (tertiary/aromatic N) is 2. The zero-order chi connectivity index (χ0) is 23.2. The van der Waals surface area contributed by atoms with E-state index in [0.717, 1.165) is 33.7 Å². The van der Waals surface area contributed by atoms with Crippen LogP contribution in [0.25, 0.3) is 0 Å². The van der Waals surface area contributed by atoms with Crippen molar-refractivity contribution in [3.05, 3.63) is 65.2 Å². The average molecular weight is 446 g/mol. The van der Waals surface area contributed by atoms with Gasteiger partial charge in [0.2, 0.25) is 21.8 Å². The molecule has 0 saturated heterocycles. The van der Waals surface area contributed by atoms with Gasteiger partial charge in [0.15, 0.2) is 0 Å². The van der Waals surface area contributed by atoms with E-state index in [1.165, 1.54) is 11.9 Å². The molecule has 7 nitrogen and oxygen atoms in total. The van der Waals surface area contributed by atoms with Gasteiger partial charge in [-0.05, 0) is 43.5 Å². The van der Waals surface area contributed by atoms with Crippen molar-refractivity contribution in [2.75, 3.05) is 24.2 Å². The van der Waals surface area contributed by atoms with E-state index >= 15 is 0 Å². The molecule has 2 rings (SSSR count). The second kappa shape index (κ2) is 10.4. The maximum atomic E-state index is 13.3. The van der Waals surface area contributed by atoms with E-state index in [1.54, 1.807) is 19.1 Å². The lowest BCUT2D eigenvalue weighted by atomic mass is 10.1. The molecule has 0 fully saturated rings. The summed E-state index contributed by atoms with van der Waals surface area (Å²) in [5.41, 5.74) is 3.42. The lowest BCUT2D eigenvalue weighted by Gasteiger charge is -2.31. The number of amides is 2. The minimum absolute atomic E-state index is 0.195. The number of aryl methyl sites for hydroxylation is 2. The van der Waals surface area contributed by atoms with Crippen LogP contribution in [0.4, 0.5) is 5.69 Å². The van der Waals surface area contributed by atoms with Crippen molar-refractivity contribution in [2.24, 2.45) is 0 Å². The third-order valence-electron chi connectivity index (χ3n) is 5.20. The number of carbonyl (C=O) groups is 2. The zero-order valence-electron chi connectivity index (χ0n) is 18.8. The Morgan fingerprint density at radius 2 is 1.55 bits per heavy atom. The minimum atomic E-state index is -3.71. The molecule has 0 aromatic heterocycles. The second-order valence-corrected chi connectivity index (χ2v) is 9.49. The molecular formula is C23H31N3O4S. The Morgan fingerprint density at radius 3 is 2.03 bits per heavy atom. The summed E-state index contributed by atoms with van der Waals surface area (Å²) in [6, 6.07) is 14.0. The minimum Gasteiger partial charge on any atom is -0.357 e. The number of anilines is 1. The fraction of sp³-hybridized carbons (Fsp3) is 0.391. The standard InChI is InChI=1S/C23H31N3O4S/c1-6-19-11-13-21(14-12-19)26(31(5,29)30)16-22(27)25(18(3)23(28)24-4)15-20-9-7-17(2)8-10-20/h7-14,18H,6,15-16H2,1-5H3,(H,24,28)/t18-/m0/s1. The predicted octanol–water partition coefficient (Wildman–Crippen LogP) is 2.49. The van der Waals surface area contributed by atoms with Crippen molar-refractivity contribution in [3.8, 4) is 0 Å². The molecule has 0 spiro atoms. The van der Waals surface area contributed by atoms with E-state index in [0.29, 0.717) is 5.69 Å². The number of hydrogen-bond donors (Lipinski definition) is 1.